The molecule has 4 aliphatic rings. The molecule has 0 unspecified atom stereocenters. The van der Waals surface area contributed by atoms with Crippen molar-refractivity contribution in [2.24, 2.45) is 0 Å². The van der Waals surface area contributed by atoms with Crippen molar-refractivity contribution in [3.8, 4) is 22.3 Å². The molecular formula is C56H53BN2SSi. The van der Waals surface area contributed by atoms with E-state index >= 15 is 0 Å². The van der Waals surface area contributed by atoms with E-state index in [9.17, 15) is 0 Å². The van der Waals surface area contributed by atoms with Gasteiger partial charge < -0.3 is 9.71 Å². The second-order valence-corrected chi connectivity index (χ2v) is 26.5. The van der Waals surface area contributed by atoms with Crippen molar-refractivity contribution in [3.63, 3.8) is 0 Å². The number of hydrogen-bond acceptors (Lipinski definition) is 3. The van der Waals surface area contributed by atoms with Gasteiger partial charge in [-0.3, -0.25) is 0 Å². The quantitative estimate of drug-likeness (QED) is 0.160. The maximum absolute atomic E-state index is 2.82. The summed E-state index contributed by atoms with van der Waals surface area (Å²) in [6.07, 6.45) is 2.39. The van der Waals surface area contributed by atoms with Crippen LogP contribution >= 0.6 is 11.3 Å². The molecule has 0 bridgehead atoms. The van der Waals surface area contributed by atoms with Gasteiger partial charge in [0, 0.05) is 32.9 Å². The Hall–Kier alpha value is -5.36. The Kier molecular flexibility index (Phi) is 7.60. The summed E-state index contributed by atoms with van der Waals surface area (Å²) in [6.45, 7) is 22.0. The number of rotatable bonds is 2. The van der Waals surface area contributed by atoms with Crippen molar-refractivity contribution in [2.45, 2.75) is 90.6 Å². The molecule has 300 valence electrons. The number of fused-ring (bicyclic) bond motifs is 11. The van der Waals surface area contributed by atoms with E-state index in [4.69, 9.17) is 0 Å². The Balaban J connectivity index is 1.28. The number of benzene rings is 7. The summed E-state index contributed by atoms with van der Waals surface area (Å²) in [5.74, 6) is 0. The predicted octanol–water partition coefficient (Wildman–Crippen LogP) is 13.2. The van der Waals surface area contributed by atoms with Crippen LogP contribution in [0.5, 0.6) is 0 Å². The SMILES string of the molecule is CC(C)(C)c1ccc(N2c3cc4ccccc4c4c3B(c3c2sc2cc5c(cc32)C(C)(C)CCC5(C)C)N2c3ccccc3[Si](C)(C)c3cccc-4c32)c(-c2ccccc2)c1. The van der Waals surface area contributed by atoms with Crippen LogP contribution in [0, 0.1) is 0 Å². The van der Waals surface area contributed by atoms with Gasteiger partial charge in [-0.15, -0.1) is 11.3 Å². The Bertz CT molecular complexity index is 3190. The van der Waals surface area contributed by atoms with E-state index in [1.807, 2.05) is 11.3 Å². The summed E-state index contributed by atoms with van der Waals surface area (Å²) in [6, 6.07) is 52.1. The largest absolute Gasteiger partial charge is 0.376 e. The first-order valence-electron chi connectivity index (χ1n) is 22.3. The molecule has 0 spiro atoms. The van der Waals surface area contributed by atoms with E-state index in [2.05, 4.69) is 205 Å². The minimum Gasteiger partial charge on any atom is -0.376 e. The third-order valence-corrected chi connectivity index (χ3v) is 19.9. The molecule has 61 heavy (non-hydrogen) atoms. The Morgan fingerprint density at radius 3 is 2.07 bits per heavy atom. The van der Waals surface area contributed by atoms with Crippen LogP contribution in [0.4, 0.5) is 27.8 Å². The van der Waals surface area contributed by atoms with Gasteiger partial charge in [-0.1, -0.05) is 159 Å². The third kappa shape index (κ3) is 5.08. The van der Waals surface area contributed by atoms with Crippen molar-refractivity contribution in [2.75, 3.05) is 9.71 Å². The van der Waals surface area contributed by atoms with Crippen LogP contribution in [-0.2, 0) is 16.2 Å². The minimum atomic E-state index is -2.08. The van der Waals surface area contributed by atoms with Crippen LogP contribution < -0.4 is 31.0 Å². The van der Waals surface area contributed by atoms with E-state index in [1.165, 1.54) is 122 Å². The van der Waals surface area contributed by atoms with Crippen molar-refractivity contribution in [1.82, 2.24) is 0 Å². The smallest absolute Gasteiger partial charge is 0.334 e. The van der Waals surface area contributed by atoms with Crippen molar-refractivity contribution in [3.05, 3.63) is 150 Å². The lowest BCUT2D eigenvalue weighted by atomic mass is 9.43. The average Bonchev–Trinajstić information content (AvgIpc) is 3.62. The van der Waals surface area contributed by atoms with Crippen LogP contribution in [0.3, 0.4) is 0 Å². The van der Waals surface area contributed by atoms with Crippen LogP contribution in [0.25, 0.3) is 43.1 Å². The molecular weight excluding hydrogens is 772 g/mol. The topological polar surface area (TPSA) is 6.48 Å². The molecule has 0 saturated heterocycles. The van der Waals surface area contributed by atoms with Crippen LogP contribution in [0.15, 0.2) is 133 Å². The minimum absolute atomic E-state index is 0.00121. The number of nitrogens with zero attached hydrogens (tertiary/aromatic N) is 2. The van der Waals surface area contributed by atoms with E-state index in [-0.39, 0.29) is 23.1 Å². The molecule has 1 aromatic heterocycles. The Morgan fingerprint density at radius 1 is 0.607 bits per heavy atom. The summed E-state index contributed by atoms with van der Waals surface area (Å²) in [4.78, 5) is 5.52. The van der Waals surface area contributed by atoms with Gasteiger partial charge in [0.2, 0.25) is 0 Å². The third-order valence-electron chi connectivity index (χ3n) is 15.2. The lowest BCUT2D eigenvalue weighted by Gasteiger charge is -2.50. The molecule has 8 aromatic rings. The van der Waals surface area contributed by atoms with Gasteiger partial charge in [0.05, 0.1) is 10.7 Å². The zero-order chi connectivity index (χ0) is 42.0. The molecule has 0 fully saturated rings. The summed E-state index contributed by atoms with van der Waals surface area (Å²) < 4.78 is 1.39. The fourth-order valence-electron chi connectivity index (χ4n) is 11.7. The number of thiophene rings is 1. The molecule has 4 heterocycles. The van der Waals surface area contributed by atoms with Gasteiger partial charge in [-0.25, -0.2) is 0 Å². The van der Waals surface area contributed by atoms with E-state index in [1.54, 1.807) is 0 Å². The van der Waals surface area contributed by atoms with E-state index in [0.29, 0.717) is 0 Å². The normalized spacial score (nSPS) is 17.4. The molecule has 0 atom stereocenters. The molecule has 5 heteroatoms. The van der Waals surface area contributed by atoms with E-state index < -0.39 is 8.07 Å². The van der Waals surface area contributed by atoms with Gasteiger partial charge in [0.25, 0.3) is 0 Å². The maximum Gasteiger partial charge on any atom is 0.334 e. The van der Waals surface area contributed by atoms with E-state index in [0.717, 1.165) is 0 Å². The lowest BCUT2D eigenvalue weighted by molar-refractivity contribution is 0.332. The Labute approximate surface area is 367 Å². The summed E-state index contributed by atoms with van der Waals surface area (Å²) in [5.41, 5.74) is 18.1. The summed E-state index contributed by atoms with van der Waals surface area (Å²) in [5, 5.41) is 8.45. The number of hydrogen-bond donors (Lipinski definition) is 0. The second kappa shape index (κ2) is 12.4. The number of para-hydroxylation sites is 2. The summed E-state index contributed by atoms with van der Waals surface area (Å²) in [7, 11) is -2.08. The monoisotopic (exact) mass is 824 g/mol. The second-order valence-electron chi connectivity index (χ2n) is 21.2. The molecule has 7 aromatic carbocycles. The van der Waals surface area contributed by atoms with Gasteiger partial charge in [0.1, 0.15) is 8.07 Å². The zero-order valence-corrected chi connectivity index (χ0v) is 38.8. The van der Waals surface area contributed by atoms with Crippen molar-refractivity contribution < 1.29 is 0 Å². The molecule has 2 nitrogen and oxygen atoms in total. The van der Waals surface area contributed by atoms with Gasteiger partial charge in [-0.05, 0) is 131 Å². The molecule has 3 aliphatic heterocycles. The van der Waals surface area contributed by atoms with Crippen molar-refractivity contribution >= 4 is 96.2 Å². The average molecular weight is 825 g/mol. The van der Waals surface area contributed by atoms with Crippen LogP contribution in [0.2, 0.25) is 13.1 Å². The first-order chi connectivity index (χ1) is 29.1. The lowest BCUT2D eigenvalue weighted by Crippen LogP contribution is -2.68. The highest BCUT2D eigenvalue weighted by Gasteiger charge is 2.52. The fraction of sp³-hybridized carbons (Fsp3) is 0.250. The molecule has 0 saturated carbocycles. The first kappa shape index (κ1) is 37.4. The maximum atomic E-state index is 2.82. The standard InChI is InChI=1S/C56H53BN2SSi/c1-54(2,3)36-26-27-43(39(31-36)34-18-11-10-12-19-34)58-45-30-35-20-13-14-21-37(35)49-38-22-17-25-48-52(38)59(44-23-15-16-24-47(44)61(48,8)9)57(51(45)49)50-40-32-41-42(33-46(40)60-53(50)58)56(6,7)29-28-55(41,4)5/h10-27,30-33H,28-29H2,1-9H3. The van der Waals surface area contributed by atoms with Gasteiger partial charge in [0.15, 0.2) is 0 Å². The highest BCUT2D eigenvalue weighted by molar-refractivity contribution is 7.26. The number of anilines is 5. The van der Waals surface area contributed by atoms with Gasteiger partial charge >= 0.3 is 6.85 Å². The Morgan fingerprint density at radius 2 is 1.30 bits per heavy atom. The fourth-order valence-corrected chi connectivity index (χ4v) is 16.0. The highest BCUT2D eigenvalue weighted by Crippen LogP contribution is 2.55. The molecule has 12 rings (SSSR count). The van der Waals surface area contributed by atoms with Crippen LogP contribution in [-0.4, -0.2) is 14.9 Å². The predicted molar refractivity (Wildman–Crippen MR) is 269 cm³/mol. The van der Waals surface area contributed by atoms with Crippen LogP contribution in [0.1, 0.15) is 78.0 Å². The highest BCUT2D eigenvalue weighted by atomic mass is 32.1. The zero-order valence-electron chi connectivity index (χ0n) is 37.0. The first-order valence-corrected chi connectivity index (χ1v) is 26.2. The molecule has 0 radical (unpaired) electrons. The molecule has 0 amide bonds. The summed E-state index contributed by atoms with van der Waals surface area (Å²) >= 11 is 2.01. The molecule has 0 N–H and O–H groups in total. The molecule has 1 aliphatic carbocycles. The van der Waals surface area contributed by atoms with Gasteiger partial charge in [-0.2, -0.15) is 0 Å². The van der Waals surface area contributed by atoms with Crippen molar-refractivity contribution in [1.29, 1.82) is 0 Å².